The first-order valence-corrected chi connectivity index (χ1v) is 11.0. The van der Waals surface area contributed by atoms with Crippen LogP contribution in [0.4, 0.5) is 5.69 Å². The SMILES string of the molecule is Cc1ccc(NC(=O)C(c2ccccc2)[NH+]2CCC(Cc3ccccc3)CC2)cc1. The Morgan fingerprint density at radius 1 is 0.900 bits per heavy atom. The van der Waals surface area contributed by atoms with Crippen molar-refractivity contribution in [3.8, 4) is 0 Å². The summed E-state index contributed by atoms with van der Waals surface area (Å²) in [6.45, 7) is 4.11. The molecule has 2 N–H and O–H groups in total. The van der Waals surface area contributed by atoms with E-state index in [0.717, 1.165) is 43.6 Å². The number of likely N-dealkylation sites (tertiary alicyclic amines) is 1. The van der Waals surface area contributed by atoms with Gasteiger partial charge in [0.25, 0.3) is 5.91 Å². The van der Waals surface area contributed by atoms with Gasteiger partial charge in [0.1, 0.15) is 0 Å². The molecule has 1 saturated heterocycles. The van der Waals surface area contributed by atoms with Crippen LogP contribution < -0.4 is 10.2 Å². The molecule has 1 unspecified atom stereocenters. The fourth-order valence-electron chi connectivity index (χ4n) is 4.56. The molecule has 4 rings (SSSR count). The van der Waals surface area contributed by atoms with Crippen molar-refractivity contribution < 1.29 is 9.69 Å². The second kappa shape index (κ2) is 9.73. The van der Waals surface area contributed by atoms with E-state index >= 15 is 0 Å². The van der Waals surface area contributed by atoms with Crippen LogP contribution in [-0.4, -0.2) is 19.0 Å². The minimum atomic E-state index is -0.176. The zero-order valence-corrected chi connectivity index (χ0v) is 17.7. The highest BCUT2D eigenvalue weighted by atomic mass is 16.2. The summed E-state index contributed by atoms with van der Waals surface area (Å²) in [7, 11) is 0. The maximum Gasteiger partial charge on any atom is 0.287 e. The molecule has 30 heavy (non-hydrogen) atoms. The number of piperidine rings is 1. The minimum Gasteiger partial charge on any atom is -0.321 e. The summed E-state index contributed by atoms with van der Waals surface area (Å²) in [6, 6.07) is 28.9. The number of amides is 1. The number of anilines is 1. The van der Waals surface area contributed by atoms with Crippen LogP contribution in [0, 0.1) is 12.8 Å². The van der Waals surface area contributed by atoms with E-state index in [2.05, 4.69) is 54.7 Å². The molecule has 154 valence electrons. The fraction of sp³-hybridized carbons (Fsp3) is 0.296. The Balaban J connectivity index is 1.45. The van der Waals surface area contributed by atoms with Gasteiger partial charge >= 0.3 is 0 Å². The molecule has 0 saturated carbocycles. The normalized spacial score (nSPS) is 19.8. The molecule has 0 spiro atoms. The first-order chi connectivity index (χ1) is 14.7. The molecule has 0 radical (unpaired) electrons. The van der Waals surface area contributed by atoms with E-state index in [0.29, 0.717) is 5.92 Å². The summed E-state index contributed by atoms with van der Waals surface area (Å²) in [5, 5.41) is 3.16. The van der Waals surface area contributed by atoms with Crippen molar-refractivity contribution in [1.82, 2.24) is 0 Å². The molecule has 3 aromatic carbocycles. The Morgan fingerprint density at radius 3 is 2.13 bits per heavy atom. The summed E-state index contributed by atoms with van der Waals surface area (Å²) in [5.74, 6) is 0.786. The van der Waals surface area contributed by atoms with Gasteiger partial charge in [0.2, 0.25) is 0 Å². The van der Waals surface area contributed by atoms with E-state index in [4.69, 9.17) is 0 Å². The number of hydrogen-bond donors (Lipinski definition) is 2. The van der Waals surface area contributed by atoms with Crippen molar-refractivity contribution in [3.05, 3.63) is 102 Å². The average Bonchev–Trinajstić information content (AvgIpc) is 2.78. The maximum atomic E-state index is 13.3. The standard InChI is InChI=1S/C27H30N2O/c1-21-12-14-25(15-13-21)28-27(30)26(24-10-6-3-7-11-24)29-18-16-23(17-19-29)20-22-8-4-2-5-9-22/h2-15,23,26H,16-20H2,1H3,(H,28,30)/p+1. The Morgan fingerprint density at radius 2 is 1.50 bits per heavy atom. The minimum absolute atomic E-state index is 0.0848. The lowest BCUT2D eigenvalue weighted by atomic mass is 9.89. The number of carbonyl (C=O) groups excluding carboxylic acids is 1. The molecular formula is C27H31N2O+. The van der Waals surface area contributed by atoms with Crippen LogP contribution in [0.2, 0.25) is 0 Å². The van der Waals surface area contributed by atoms with Gasteiger partial charge in [-0.2, -0.15) is 0 Å². The number of aryl methyl sites for hydroxylation is 1. The molecule has 1 aliphatic rings. The third-order valence-corrected chi connectivity index (χ3v) is 6.24. The van der Waals surface area contributed by atoms with Gasteiger partial charge in [-0.3, -0.25) is 4.79 Å². The van der Waals surface area contributed by atoms with Crippen LogP contribution in [0.25, 0.3) is 0 Å². The number of nitrogens with one attached hydrogen (secondary N) is 2. The molecule has 0 aromatic heterocycles. The number of carbonyl (C=O) groups is 1. The van der Waals surface area contributed by atoms with Crippen molar-refractivity contribution in [2.75, 3.05) is 18.4 Å². The van der Waals surface area contributed by atoms with Crippen LogP contribution >= 0.6 is 0 Å². The van der Waals surface area contributed by atoms with E-state index in [1.165, 1.54) is 16.0 Å². The average molecular weight is 400 g/mol. The van der Waals surface area contributed by atoms with Gasteiger partial charge in [0.15, 0.2) is 6.04 Å². The van der Waals surface area contributed by atoms with Gasteiger partial charge in [-0.1, -0.05) is 78.4 Å². The third kappa shape index (κ3) is 5.17. The molecule has 3 nitrogen and oxygen atoms in total. The van der Waals surface area contributed by atoms with E-state index in [-0.39, 0.29) is 11.9 Å². The van der Waals surface area contributed by atoms with E-state index < -0.39 is 0 Å². The highest BCUT2D eigenvalue weighted by Crippen LogP contribution is 2.20. The van der Waals surface area contributed by atoms with Gasteiger partial charge in [-0.25, -0.2) is 0 Å². The number of rotatable bonds is 6. The molecule has 1 fully saturated rings. The zero-order valence-electron chi connectivity index (χ0n) is 17.7. The van der Waals surface area contributed by atoms with Gasteiger partial charge in [0, 0.05) is 11.3 Å². The molecule has 1 aliphatic heterocycles. The monoisotopic (exact) mass is 399 g/mol. The van der Waals surface area contributed by atoms with Crippen LogP contribution in [0.3, 0.4) is 0 Å². The van der Waals surface area contributed by atoms with Crippen LogP contribution in [-0.2, 0) is 11.2 Å². The van der Waals surface area contributed by atoms with Crippen molar-refractivity contribution in [2.24, 2.45) is 5.92 Å². The van der Waals surface area contributed by atoms with E-state index in [1.807, 2.05) is 42.5 Å². The molecule has 3 heteroatoms. The molecule has 1 heterocycles. The van der Waals surface area contributed by atoms with E-state index in [9.17, 15) is 4.79 Å². The van der Waals surface area contributed by atoms with Crippen LogP contribution in [0.5, 0.6) is 0 Å². The topological polar surface area (TPSA) is 33.5 Å². The lowest BCUT2D eigenvalue weighted by molar-refractivity contribution is -0.927. The maximum absolute atomic E-state index is 13.3. The quantitative estimate of drug-likeness (QED) is 0.640. The van der Waals surface area contributed by atoms with Crippen molar-refractivity contribution >= 4 is 11.6 Å². The number of hydrogen-bond acceptors (Lipinski definition) is 1. The van der Waals surface area contributed by atoms with Gasteiger partial charge < -0.3 is 10.2 Å². The Kier molecular flexibility index (Phi) is 6.60. The lowest BCUT2D eigenvalue weighted by Gasteiger charge is -2.34. The van der Waals surface area contributed by atoms with Crippen LogP contribution in [0.1, 0.15) is 35.6 Å². The first-order valence-electron chi connectivity index (χ1n) is 11.0. The summed E-state index contributed by atoms with van der Waals surface area (Å²) < 4.78 is 0. The number of quaternary nitrogens is 1. The summed E-state index contributed by atoms with van der Waals surface area (Å²) in [4.78, 5) is 14.7. The molecule has 1 atom stereocenters. The lowest BCUT2D eigenvalue weighted by Crippen LogP contribution is -3.14. The molecular weight excluding hydrogens is 368 g/mol. The smallest absolute Gasteiger partial charge is 0.287 e. The Hall–Kier alpha value is -2.91. The van der Waals surface area contributed by atoms with Crippen molar-refractivity contribution in [3.63, 3.8) is 0 Å². The zero-order chi connectivity index (χ0) is 20.8. The van der Waals surface area contributed by atoms with Gasteiger partial charge in [-0.15, -0.1) is 0 Å². The summed E-state index contributed by atoms with van der Waals surface area (Å²) in [5.41, 5.74) is 4.57. The van der Waals surface area contributed by atoms with Gasteiger partial charge in [0.05, 0.1) is 13.1 Å². The fourth-order valence-corrected chi connectivity index (χ4v) is 4.56. The highest BCUT2D eigenvalue weighted by Gasteiger charge is 2.34. The number of benzene rings is 3. The third-order valence-electron chi connectivity index (χ3n) is 6.24. The predicted octanol–water partition coefficient (Wildman–Crippen LogP) is 4.21. The largest absolute Gasteiger partial charge is 0.321 e. The summed E-state index contributed by atoms with van der Waals surface area (Å²) >= 11 is 0. The summed E-state index contributed by atoms with van der Waals surface area (Å²) in [6.07, 6.45) is 3.45. The van der Waals surface area contributed by atoms with Crippen LogP contribution in [0.15, 0.2) is 84.9 Å². The second-order valence-electron chi connectivity index (χ2n) is 8.49. The predicted molar refractivity (Wildman–Crippen MR) is 123 cm³/mol. The highest BCUT2D eigenvalue weighted by molar-refractivity contribution is 5.94. The Bertz CT molecular complexity index is 930. The Labute approximate surface area is 179 Å². The van der Waals surface area contributed by atoms with Crippen molar-refractivity contribution in [1.29, 1.82) is 0 Å². The first kappa shape index (κ1) is 20.4. The molecule has 0 aliphatic carbocycles. The van der Waals surface area contributed by atoms with Crippen molar-refractivity contribution in [2.45, 2.75) is 32.2 Å². The second-order valence-corrected chi connectivity index (χ2v) is 8.49. The van der Waals surface area contributed by atoms with Gasteiger partial charge in [-0.05, 0) is 49.8 Å². The molecule has 1 amide bonds. The molecule has 0 bridgehead atoms. The van der Waals surface area contributed by atoms with E-state index in [1.54, 1.807) is 0 Å². The molecule has 3 aromatic rings.